The number of hydrogen-bond acceptors (Lipinski definition) is 3. The number of amides is 2. The summed E-state index contributed by atoms with van der Waals surface area (Å²) < 4.78 is 13.7. The minimum absolute atomic E-state index is 0.0679. The van der Waals surface area contributed by atoms with Crippen molar-refractivity contribution in [3.8, 4) is 0 Å². The highest BCUT2D eigenvalue weighted by atomic mass is 35.5. The Balaban J connectivity index is 1.60. The summed E-state index contributed by atoms with van der Waals surface area (Å²) in [6.45, 7) is 0.411. The standard InChI is InChI=1S/C21H17ClFN3O2/c22-16-7-5-14(6-8-16)9-11-25-21(28)19-13-15(10-12-24-19)20(27)26-18-4-2-1-3-17(18)23/h1-8,10,12-13H,9,11H2,(H,25,28)(H,26,27). The smallest absolute Gasteiger partial charge is 0.269 e. The quantitative estimate of drug-likeness (QED) is 0.657. The van der Waals surface area contributed by atoms with Crippen molar-refractivity contribution in [1.82, 2.24) is 10.3 Å². The lowest BCUT2D eigenvalue weighted by atomic mass is 10.1. The lowest BCUT2D eigenvalue weighted by Gasteiger charge is -2.08. The number of para-hydroxylation sites is 1. The van der Waals surface area contributed by atoms with E-state index in [-0.39, 0.29) is 16.9 Å². The number of hydrogen-bond donors (Lipinski definition) is 2. The third-order valence-electron chi connectivity index (χ3n) is 3.99. The summed E-state index contributed by atoms with van der Waals surface area (Å²) in [5.74, 6) is -1.46. The van der Waals surface area contributed by atoms with Crippen LogP contribution in [0.15, 0.2) is 66.9 Å². The average molecular weight is 398 g/mol. The highest BCUT2D eigenvalue weighted by Crippen LogP contribution is 2.14. The van der Waals surface area contributed by atoms with Crippen LogP contribution in [-0.4, -0.2) is 23.3 Å². The Bertz CT molecular complexity index is 993. The van der Waals surface area contributed by atoms with E-state index >= 15 is 0 Å². The van der Waals surface area contributed by atoms with E-state index in [9.17, 15) is 14.0 Å². The van der Waals surface area contributed by atoms with Crippen molar-refractivity contribution in [2.45, 2.75) is 6.42 Å². The molecule has 7 heteroatoms. The molecule has 0 saturated heterocycles. The lowest BCUT2D eigenvalue weighted by molar-refractivity contribution is 0.0949. The van der Waals surface area contributed by atoms with Gasteiger partial charge in [0.2, 0.25) is 0 Å². The number of nitrogens with one attached hydrogen (secondary N) is 2. The number of aromatic nitrogens is 1. The molecule has 0 bridgehead atoms. The maximum atomic E-state index is 13.7. The Labute approximate surface area is 166 Å². The zero-order chi connectivity index (χ0) is 19.9. The Hall–Kier alpha value is -3.25. The van der Waals surface area contributed by atoms with E-state index in [1.165, 1.54) is 36.5 Å². The van der Waals surface area contributed by atoms with E-state index < -0.39 is 17.6 Å². The molecule has 5 nitrogen and oxygen atoms in total. The monoisotopic (exact) mass is 397 g/mol. The van der Waals surface area contributed by atoms with Crippen molar-refractivity contribution in [3.05, 3.63) is 94.5 Å². The van der Waals surface area contributed by atoms with Crippen molar-refractivity contribution in [1.29, 1.82) is 0 Å². The van der Waals surface area contributed by atoms with Gasteiger partial charge in [-0.25, -0.2) is 4.39 Å². The van der Waals surface area contributed by atoms with Crippen LogP contribution in [0.4, 0.5) is 10.1 Å². The Morgan fingerprint density at radius 2 is 1.75 bits per heavy atom. The van der Waals surface area contributed by atoms with E-state index in [0.29, 0.717) is 18.0 Å². The Morgan fingerprint density at radius 3 is 2.50 bits per heavy atom. The van der Waals surface area contributed by atoms with Crippen molar-refractivity contribution in [3.63, 3.8) is 0 Å². The molecule has 0 aliphatic carbocycles. The molecular weight excluding hydrogens is 381 g/mol. The fraction of sp³-hybridized carbons (Fsp3) is 0.0952. The third kappa shape index (κ3) is 5.14. The maximum Gasteiger partial charge on any atom is 0.269 e. The second kappa shape index (κ2) is 9.10. The molecule has 0 atom stereocenters. The molecule has 2 N–H and O–H groups in total. The van der Waals surface area contributed by atoms with Gasteiger partial charge >= 0.3 is 0 Å². The molecule has 0 spiro atoms. The van der Waals surface area contributed by atoms with Gasteiger partial charge in [-0.3, -0.25) is 14.6 Å². The number of rotatable bonds is 6. The van der Waals surface area contributed by atoms with Crippen LogP contribution in [0, 0.1) is 5.82 Å². The van der Waals surface area contributed by atoms with Crippen LogP contribution in [-0.2, 0) is 6.42 Å². The number of pyridine rings is 1. The molecule has 0 radical (unpaired) electrons. The number of carbonyl (C=O) groups excluding carboxylic acids is 2. The van der Waals surface area contributed by atoms with Crippen molar-refractivity contribution in [2.24, 2.45) is 0 Å². The van der Waals surface area contributed by atoms with Gasteiger partial charge < -0.3 is 10.6 Å². The summed E-state index contributed by atoms with van der Waals surface area (Å²) >= 11 is 5.84. The molecule has 28 heavy (non-hydrogen) atoms. The molecule has 0 aliphatic heterocycles. The zero-order valence-electron chi connectivity index (χ0n) is 14.8. The molecule has 0 aliphatic rings. The molecule has 142 valence electrons. The predicted octanol–water partition coefficient (Wildman–Crippen LogP) is 4.10. The molecule has 1 aromatic heterocycles. The summed E-state index contributed by atoms with van der Waals surface area (Å²) in [6.07, 6.45) is 2.00. The van der Waals surface area contributed by atoms with Gasteiger partial charge in [0.25, 0.3) is 11.8 Å². The van der Waals surface area contributed by atoms with E-state index in [1.54, 1.807) is 18.2 Å². The highest BCUT2D eigenvalue weighted by molar-refractivity contribution is 6.30. The van der Waals surface area contributed by atoms with Gasteiger partial charge in [0, 0.05) is 23.3 Å². The third-order valence-corrected chi connectivity index (χ3v) is 4.24. The minimum atomic E-state index is -0.537. The Kier molecular flexibility index (Phi) is 6.34. The van der Waals surface area contributed by atoms with Crippen LogP contribution in [0.3, 0.4) is 0 Å². The maximum absolute atomic E-state index is 13.7. The largest absolute Gasteiger partial charge is 0.350 e. The van der Waals surface area contributed by atoms with Gasteiger partial charge in [0.1, 0.15) is 11.5 Å². The predicted molar refractivity (Wildman–Crippen MR) is 106 cm³/mol. The van der Waals surface area contributed by atoms with Gasteiger partial charge in [0.05, 0.1) is 5.69 Å². The zero-order valence-corrected chi connectivity index (χ0v) is 15.5. The number of nitrogens with zero attached hydrogens (tertiary/aromatic N) is 1. The van der Waals surface area contributed by atoms with Gasteiger partial charge in [-0.2, -0.15) is 0 Å². The summed E-state index contributed by atoms with van der Waals surface area (Å²) in [5.41, 5.74) is 1.42. The Morgan fingerprint density at radius 1 is 1.00 bits per heavy atom. The summed E-state index contributed by atoms with van der Waals surface area (Å²) in [7, 11) is 0. The van der Waals surface area contributed by atoms with Crippen molar-refractivity contribution in [2.75, 3.05) is 11.9 Å². The molecule has 3 aromatic rings. The van der Waals surface area contributed by atoms with Crippen molar-refractivity contribution >= 4 is 29.1 Å². The molecular formula is C21H17ClFN3O2. The molecule has 0 fully saturated rings. The van der Waals surface area contributed by atoms with E-state index in [4.69, 9.17) is 11.6 Å². The van der Waals surface area contributed by atoms with E-state index in [0.717, 1.165) is 5.56 Å². The van der Waals surface area contributed by atoms with Gasteiger partial charge in [-0.1, -0.05) is 35.9 Å². The number of benzene rings is 2. The number of halogens is 2. The van der Waals surface area contributed by atoms with Gasteiger partial charge in [0.15, 0.2) is 0 Å². The van der Waals surface area contributed by atoms with Crippen LogP contribution in [0.1, 0.15) is 26.4 Å². The SMILES string of the molecule is O=C(Nc1ccccc1F)c1ccnc(C(=O)NCCc2ccc(Cl)cc2)c1. The van der Waals surface area contributed by atoms with E-state index in [2.05, 4.69) is 15.6 Å². The highest BCUT2D eigenvalue weighted by Gasteiger charge is 2.13. The average Bonchev–Trinajstić information content (AvgIpc) is 2.71. The molecule has 2 aromatic carbocycles. The molecule has 2 amide bonds. The first-order valence-electron chi connectivity index (χ1n) is 8.57. The number of carbonyl (C=O) groups is 2. The fourth-order valence-electron chi connectivity index (χ4n) is 2.52. The van der Waals surface area contributed by atoms with Crippen LogP contribution in [0.25, 0.3) is 0 Å². The topological polar surface area (TPSA) is 71.1 Å². The molecule has 3 rings (SSSR count). The summed E-state index contributed by atoms with van der Waals surface area (Å²) in [5, 5.41) is 5.89. The van der Waals surface area contributed by atoms with Crippen LogP contribution in [0.2, 0.25) is 5.02 Å². The number of anilines is 1. The second-order valence-electron chi connectivity index (χ2n) is 6.00. The minimum Gasteiger partial charge on any atom is -0.350 e. The fourth-order valence-corrected chi connectivity index (χ4v) is 2.64. The lowest BCUT2D eigenvalue weighted by Crippen LogP contribution is -2.27. The van der Waals surface area contributed by atoms with Crippen LogP contribution >= 0.6 is 11.6 Å². The summed E-state index contributed by atoms with van der Waals surface area (Å²) in [4.78, 5) is 28.6. The molecule has 0 saturated carbocycles. The van der Waals surface area contributed by atoms with E-state index in [1.807, 2.05) is 12.1 Å². The van der Waals surface area contributed by atoms with Crippen LogP contribution in [0.5, 0.6) is 0 Å². The first kappa shape index (κ1) is 19.5. The van der Waals surface area contributed by atoms with Crippen LogP contribution < -0.4 is 10.6 Å². The molecule has 0 unspecified atom stereocenters. The normalized spacial score (nSPS) is 10.4. The van der Waals surface area contributed by atoms with Gasteiger partial charge in [-0.15, -0.1) is 0 Å². The van der Waals surface area contributed by atoms with Crippen molar-refractivity contribution < 1.29 is 14.0 Å². The summed E-state index contributed by atoms with van der Waals surface area (Å²) in [6, 6.07) is 16.0. The second-order valence-corrected chi connectivity index (χ2v) is 6.43. The van der Waals surface area contributed by atoms with Gasteiger partial charge in [-0.05, 0) is 48.4 Å². The first-order valence-corrected chi connectivity index (χ1v) is 8.95. The molecule has 1 heterocycles. The first-order chi connectivity index (χ1) is 13.5.